The maximum atomic E-state index is 13.4. The van der Waals surface area contributed by atoms with E-state index < -0.39 is 0 Å². The number of benzene rings is 1. The fourth-order valence-electron chi connectivity index (χ4n) is 2.36. The number of hydrogen-bond acceptors (Lipinski definition) is 1. The van der Waals surface area contributed by atoms with E-state index in [-0.39, 0.29) is 11.4 Å². The summed E-state index contributed by atoms with van der Waals surface area (Å²) in [6.45, 7) is 8.92. The Morgan fingerprint density at radius 1 is 1.33 bits per heavy atom. The van der Waals surface area contributed by atoms with Crippen molar-refractivity contribution in [1.82, 2.24) is 15.6 Å². The molecule has 0 radical (unpaired) electrons. The Kier molecular flexibility index (Phi) is 4.52. The highest BCUT2D eigenvalue weighted by Gasteiger charge is 2.12. The van der Waals surface area contributed by atoms with Crippen LogP contribution in [0.3, 0.4) is 0 Å². The first-order chi connectivity index (χ1) is 9.76. The second-order valence-corrected chi connectivity index (χ2v) is 6.71. The van der Waals surface area contributed by atoms with Gasteiger partial charge in [-0.1, -0.05) is 0 Å². The highest BCUT2D eigenvalue weighted by molar-refractivity contribution is 7.80. The third-order valence-corrected chi connectivity index (χ3v) is 3.48. The summed E-state index contributed by atoms with van der Waals surface area (Å²) in [7, 11) is 0. The molecule has 0 aliphatic heterocycles. The zero-order valence-corrected chi connectivity index (χ0v) is 13.7. The van der Waals surface area contributed by atoms with Crippen LogP contribution in [0.4, 0.5) is 4.39 Å². The number of rotatable bonds is 3. The van der Waals surface area contributed by atoms with Crippen molar-refractivity contribution in [2.24, 2.45) is 0 Å². The van der Waals surface area contributed by atoms with E-state index in [2.05, 4.69) is 36.4 Å². The minimum Gasteiger partial charge on any atom is -0.362 e. The summed E-state index contributed by atoms with van der Waals surface area (Å²) in [6, 6.07) is 4.84. The van der Waals surface area contributed by atoms with Crippen molar-refractivity contribution in [2.75, 3.05) is 6.54 Å². The minimum atomic E-state index is -0.208. The van der Waals surface area contributed by atoms with E-state index in [9.17, 15) is 4.39 Å². The van der Waals surface area contributed by atoms with E-state index in [1.165, 1.54) is 6.07 Å². The van der Waals surface area contributed by atoms with Crippen molar-refractivity contribution in [3.05, 3.63) is 35.3 Å². The van der Waals surface area contributed by atoms with Gasteiger partial charge in [-0.25, -0.2) is 4.39 Å². The summed E-state index contributed by atoms with van der Waals surface area (Å²) < 4.78 is 13.4. The van der Waals surface area contributed by atoms with Crippen LogP contribution in [0, 0.1) is 12.7 Å². The van der Waals surface area contributed by atoms with Gasteiger partial charge in [0.25, 0.3) is 0 Å². The lowest BCUT2D eigenvalue weighted by molar-refractivity contribution is 0.507. The van der Waals surface area contributed by atoms with Crippen molar-refractivity contribution in [3.8, 4) is 0 Å². The Labute approximate surface area is 130 Å². The molecule has 0 bridgehead atoms. The zero-order chi connectivity index (χ0) is 15.6. The molecule has 0 aliphatic rings. The van der Waals surface area contributed by atoms with Gasteiger partial charge in [0, 0.05) is 28.7 Å². The number of aromatic amines is 1. The molecule has 0 saturated carbocycles. The topological polar surface area (TPSA) is 39.9 Å². The molecular weight excluding hydrogens is 285 g/mol. The molecule has 21 heavy (non-hydrogen) atoms. The molecule has 2 aromatic rings. The molecular formula is C16H22FN3S. The molecule has 0 saturated heterocycles. The molecule has 0 amide bonds. The van der Waals surface area contributed by atoms with Crippen molar-refractivity contribution in [2.45, 2.75) is 39.7 Å². The fourth-order valence-corrected chi connectivity index (χ4v) is 2.77. The zero-order valence-electron chi connectivity index (χ0n) is 12.9. The van der Waals surface area contributed by atoms with E-state index in [1.54, 1.807) is 12.1 Å². The van der Waals surface area contributed by atoms with Crippen LogP contribution < -0.4 is 10.6 Å². The van der Waals surface area contributed by atoms with Gasteiger partial charge in [0.2, 0.25) is 0 Å². The van der Waals surface area contributed by atoms with Crippen molar-refractivity contribution < 1.29 is 4.39 Å². The maximum Gasteiger partial charge on any atom is 0.166 e. The van der Waals surface area contributed by atoms with Crippen LogP contribution in [-0.4, -0.2) is 22.2 Å². The van der Waals surface area contributed by atoms with Gasteiger partial charge in [0.1, 0.15) is 5.82 Å². The second-order valence-electron chi connectivity index (χ2n) is 6.30. The Balaban J connectivity index is 2.02. The number of aromatic nitrogens is 1. The quantitative estimate of drug-likeness (QED) is 0.761. The third-order valence-electron chi connectivity index (χ3n) is 3.23. The first-order valence-corrected chi connectivity index (χ1v) is 7.50. The molecule has 1 aromatic heterocycles. The van der Waals surface area contributed by atoms with Crippen LogP contribution in [0.15, 0.2) is 18.2 Å². The molecule has 3 N–H and O–H groups in total. The van der Waals surface area contributed by atoms with Crippen LogP contribution in [0.2, 0.25) is 0 Å². The van der Waals surface area contributed by atoms with Gasteiger partial charge in [0.05, 0.1) is 0 Å². The monoisotopic (exact) mass is 307 g/mol. The first kappa shape index (κ1) is 15.8. The van der Waals surface area contributed by atoms with Crippen molar-refractivity contribution in [1.29, 1.82) is 0 Å². The number of hydrogen-bond donors (Lipinski definition) is 3. The lowest BCUT2D eigenvalue weighted by atomic mass is 10.1. The van der Waals surface area contributed by atoms with E-state index in [4.69, 9.17) is 12.2 Å². The van der Waals surface area contributed by atoms with Crippen LogP contribution in [0.1, 0.15) is 32.0 Å². The Bertz CT molecular complexity index is 655. The summed E-state index contributed by atoms with van der Waals surface area (Å²) in [5, 5.41) is 8.00. The van der Waals surface area contributed by atoms with Gasteiger partial charge >= 0.3 is 0 Å². The maximum absolute atomic E-state index is 13.4. The predicted molar refractivity (Wildman–Crippen MR) is 90.2 cm³/mol. The average molecular weight is 307 g/mol. The molecule has 114 valence electrons. The summed E-state index contributed by atoms with van der Waals surface area (Å²) in [5.74, 6) is -0.208. The number of aryl methyl sites for hydroxylation is 1. The molecule has 1 aromatic carbocycles. The standard InChI is InChI=1S/C16H22FN3S/c1-10-12(7-8-18-15(21)20-16(2,3)4)13-9-11(17)5-6-14(13)19-10/h5-6,9,19H,7-8H2,1-4H3,(H2,18,20,21). The number of fused-ring (bicyclic) bond motifs is 1. The molecule has 5 heteroatoms. The third kappa shape index (κ3) is 4.17. The molecule has 1 heterocycles. The normalized spacial score (nSPS) is 11.7. The lowest BCUT2D eigenvalue weighted by Gasteiger charge is -2.23. The number of nitrogens with one attached hydrogen (secondary N) is 3. The molecule has 3 nitrogen and oxygen atoms in total. The number of halogens is 1. The Morgan fingerprint density at radius 3 is 2.71 bits per heavy atom. The van der Waals surface area contributed by atoms with E-state index >= 15 is 0 Å². The summed E-state index contributed by atoms with van der Waals surface area (Å²) in [6.07, 6.45) is 0.793. The predicted octanol–water partition coefficient (Wildman–Crippen LogP) is 3.42. The summed E-state index contributed by atoms with van der Waals surface area (Å²) >= 11 is 5.26. The fraction of sp³-hybridized carbons (Fsp3) is 0.438. The molecule has 0 spiro atoms. The van der Waals surface area contributed by atoms with Gasteiger partial charge in [-0.05, 0) is 70.1 Å². The highest BCUT2D eigenvalue weighted by Crippen LogP contribution is 2.23. The smallest absolute Gasteiger partial charge is 0.166 e. The van der Waals surface area contributed by atoms with E-state index in [1.807, 2.05) is 6.92 Å². The van der Waals surface area contributed by atoms with E-state index in [0.717, 1.165) is 28.6 Å². The molecule has 0 fully saturated rings. The minimum absolute atomic E-state index is 0.0517. The van der Waals surface area contributed by atoms with Gasteiger partial charge in [0.15, 0.2) is 5.11 Å². The van der Waals surface area contributed by atoms with E-state index in [0.29, 0.717) is 11.7 Å². The Morgan fingerprint density at radius 2 is 2.05 bits per heavy atom. The number of H-pyrrole nitrogens is 1. The first-order valence-electron chi connectivity index (χ1n) is 7.09. The van der Waals surface area contributed by atoms with Crippen LogP contribution in [0.25, 0.3) is 10.9 Å². The molecule has 0 atom stereocenters. The van der Waals surface area contributed by atoms with Crippen LogP contribution in [0.5, 0.6) is 0 Å². The Hall–Kier alpha value is -1.62. The van der Waals surface area contributed by atoms with Crippen LogP contribution in [-0.2, 0) is 6.42 Å². The molecule has 2 rings (SSSR count). The SMILES string of the molecule is Cc1[nH]c2ccc(F)cc2c1CCNC(=S)NC(C)(C)C. The second kappa shape index (κ2) is 6.02. The lowest BCUT2D eigenvalue weighted by Crippen LogP contribution is -2.46. The van der Waals surface area contributed by atoms with Crippen LogP contribution >= 0.6 is 12.2 Å². The van der Waals surface area contributed by atoms with Crippen molar-refractivity contribution >= 4 is 28.2 Å². The van der Waals surface area contributed by atoms with Gasteiger partial charge in [-0.3, -0.25) is 0 Å². The summed E-state index contributed by atoms with van der Waals surface area (Å²) in [5.41, 5.74) is 3.13. The van der Waals surface area contributed by atoms with Gasteiger partial charge < -0.3 is 15.6 Å². The highest BCUT2D eigenvalue weighted by atomic mass is 32.1. The van der Waals surface area contributed by atoms with Gasteiger partial charge in [-0.15, -0.1) is 0 Å². The summed E-state index contributed by atoms with van der Waals surface area (Å²) in [4.78, 5) is 3.29. The molecule has 0 unspecified atom stereocenters. The molecule has 0 aliphatic carbocycles. The number of thiocarbonyl (C=S) groups is 1. The van der Waals surface area contributed by atoms with Crippen molar-refractivity contribution in [3.63, 3.8) is 0 Å². The van der Waals surface area contributed by atoms with Gasteiger partial charge in [-0.2, -0.15) is 0 Å². The largest absolute Gasteiger partial charge is 0.362 e. The average Bonchev–Trinajstić information content (AvgIpc) is 2.63.